The third-order valence-corrected chi connectivity index (χ3v) is 4.10. The molecule has 0 saturated heterocycles. The number of aromatic nitrogens is 1. The summed E-state index contributed by atoms with van der Waals surface area (Å²) in [5.41, 5.74) is 6.95. The molecular formula is C21H22N2O. The third kappa shape index (κ3) is 3.57. The quantitative estimate of drug-likeness (QED) is 0.483. The van der Waals surface area contributed by atoms with Gasteiger partial charge in [0.05, 0.1) is 6.21 Å². The summed E-state index contributed by atoms with van der Waals surface area (Å²) in [5, 5.41) is 4.12. The van der Waals surface area contributed by atoms with Crippen molar-refractivity contribution in [3.8, 4) is 5.69 Å². The Kier molecular flexibility index (Phi) is 4.80. The zero-order valence-corrected chi connectivity index (χ0v) is 14.4. The smallest absolute Gasteiger partial charge is 0.142 e. The summed E-state index contributed by atoms with van der Waals surface area (Å²) < 4.78 is 2.23. The number of nitrogens with zero attached hydrogens (tertiary/aromatic N) is 2. The molecule has 0 saturated carbocycles. The van der Waals surface area contributed by atoms with E-state index < -0.39 is 0 Å². The van der Waals surface area contributed by atoms with Gasteiger partial charge in [0.2, 0.25) is 0 Å². The minimum atomic E-state index is 0.480. The molecule has 3 rings (SSSR count). The fraction of sp³-hybridized carbons (Fsp3) is 0.190. The van der Waals surface area contributed by atoms with Gasteiger partial charge >= 0.3 is 0 Å². The summed E-state index contributed by atoms with van der Waals surface area (Å²) in [4.78, 5) is 5.41. The lowest BCUT2D eigenvalue weighted by molar-refractivity contribution is 0.132. The van der Waals surface area contributed by atoms with Crippen molar-refractivity contribution < 1.29 is 4.84 Å². The molecule has 0 aliphatic carbocycles. The molecule has 3 aromatic rings. The molecule has 0 aliphatic heterocycles. The van der Waals surface area contributed by atoms with Crippen LogP contribution in [0.25, 0.3) is 5.69 Å². The van der Waals surface area contributed by atoms with E-state index in [1.165, 1.54) is 16.9 Å². The fourth-order valence-corrected chi connectivity index (χ4v) is 2.79. The highest BCUT2D eigenvalue weighted by molar-refractivity contribution is 5.81. The topological polar surface area (TPSA) is 26.5 Å². The highest BCUT2D eigenvalue weighted by atomic mass is 16.6. The third-order valence-electron chi connectivity index (χ3n) is 4.10. The van der Waals surface area contributed by atoms with E-state index >= 15 is 0 Å². The first-order valence-corrected chi connectivity index (χ1v) is 8.10. The standard InChI is InChI=1S/C21H22N2O/c1-16-9-11-21(12-10-16)23-17(2)13-20(18(23)3)14-22-24-15-19-7-5-4-6-8-19/h4-14H,15H2,1-3H3/b22-14+. The lowest BCUT2D eigenvalue weighted by Crippen LogP contribution is -1.99. The minimum absolute atomic E-state index is 0.480. The molecule has 1 heterocycles. The number of aryl methyl sites for hydroxylation is 2. The van der Waals surface area contributed by atoms with E-state index in [1.54, 1.807) is 6.21 Å². The van der Waals surface area contributed by atoms with E-state index in [0.29, 0.717) is 6.61 Å². The summed E-state index contributed by atoms with van der Waals surface area (Å²) in [6, 6.07) is 20.7. The second kappa shape index (κ2) is 7.18. The molecule has 0 radical (unpaired) electrons. The summed E-state index contributed by atoms with van der Waals surface area (Å²) in [7, 11) is 0. The maximum Gasteiger partial charge on any atom is 0.142 e. The maximum absolute atomic E-state index is 5.41. The molecule has 0 amide bonds. The van der Waals surface area contributed by atoms with Gasteiger partial charge in [0.1, 0.15) is 6.61 Å². The predicted molar refractivity (Wildman–Crippen MR) is 98.8 cm³/mol. The molecule has 0 aliphatic rings. The Labute approximate surface area is 143 Å². The van der Waals surface area contributed by atoms with E-state index in [0.717, 1.165) is 16.8 Å². The van der Waals surface area contributed by atoms with Crippen molar-refractivity contribution in [2.75, 3.05) is 0 Å². The van der Waals surface area contributed by atoms with Crippen LogP contribution in [0.2, 0.25) is 0 Å². The van der Waals surface area contributed by atoms with Crippen LogP contribution in [-0.4, -0.2) is 10.8 Å². The molecule has 0 atom stereocenters. The van der Waals surface area contributed by atoms with E-state index in [4.69, 9.17) is 4.84 Å². The molecule has 122 valence electrons. The van der Waals surface area contributed by atoms with Crippen molar-refractivity contribution in [3.05, 3.63) is 88.7 Å². The molecule has 0 unspecified atom stereocenters. The van der Waals surface area contributed by atoms with Gasteiger partial charge in [-0.25, -0.2) is 0 Å². The molecule has 0 N–H and O–H groups in total. The summed E-state index contributed by atoms with van der Waals surface area (Å²) in [6.45, 7) is 6.79. The first-order valence-electron chi connectivity index (χ1n) is 8.10. The lowest BCUT2D eigenvalue weighted by atomic mass is 10.2. The SMILES string of the molecule is Cc1ccc(-n2c(C)cc(/C=N/OCc3ccccc3)c2C)cc1. The molecule has 0 spiro atoms. The molecule has 0 bridgehead atoms. The van der Waals surface area contributed by atoms with E-state index in [2.05, 4.69) is 60.8 Å². The summed E-state index contributed by atoms with van der Waals surface area (Å²) in [5.74, 6) is 0. The number of benzene rings is 2. The van der Waals surface area contributed by atoms with Gasteiger partial charge in [0, 0.05) is 22.6 Å². The second-order valence-electron chi connectivity index (χ2n) is 5.99. The molecule has 3 heteroatoms. The van der Waals surface area contributed by atoms with Gasteiger partial charge in [-0.3, -0.25) is 0 Å². The van der Waals surface area contributed by atoms with Crippen LogP contribution in [0.3, 0.4) is 0 Å². The van der Waals surface area contributed by atoms with Gasteiger partial charge in [-0.05, 0) is 44.5 Å². The molecular weight excluding hydrogens is 296 g/mol. The number of rotatable bonds is 5. The van der Waals surface area contributed by atoms with Crippen LogP contribution in [0, 0.1) is 20.8 Å². The monoisotopic (exact) mass is 318 g/mol. The van der Waals surface area contributed by atoms with Crippen LogP contribution in [0.1, 0.15) is 28.1 Å². The zero-order valence-electron chi connectivity index (χ0n) is 14.4. The molecule has 2 aromatic carbocycles. The Bertz CT molecular complexity index is 830. The van der Waals surface area contributed by atoms with Crippen LogP contribution in [-0.2, 0) is 11.4 Å². The van der Waals surface area contributed by atoms with Gasteiger partial charge in [-0.2, -0.15) is 0 Å². The van der Waals surface area contributed by atoms with Gasteiger partial charge < -0.3 is 9.40 Å². The fourth-order valence-electron chi connectivity index (χ4n) is 2.79. The maximum atomic E-state index is 5.41. The van der Waals surface area contributed by atoms with Gasteiger partial charge in [-0.15, -0.1) is 0 Å². The van der Waals surface area contributed by atoms with Crippen molar-refractivity contribution in [2.45, 2.75) is 27.4 Å². The van der Waals surface area contributed by atoms with E-state index in [-0.39, 0.29) is 0 Å². The summed E-state index contributed by atoms with van der Waals surface area (Å²) >= 11 is 0. The second-order valence-corrected chi connectivity index (χ2v) is 5.99. The zero-order chi connectivity index (χ0) is 16.9. The largest absolute Gasteiger partial charge is 0.391 e. The summed E-state index contributed by atoms with van der Waals surface area (Å²) in [6.07, 6.45) is 1.79. The van der Waals surface area contributed by atoms with Crippen molar-refractivity contribution >= 4 is 6.21 Å². The molecule has 1 aromatic heterocycles. The minimum Gasteiger partial charge on any atom is -0.391 e. The molecule has 0 fully saturated rings. The Morgan fingerprint density at radius 2 is 1.67 bits per heavy atom. The van der Waals surface area contributed by atoms with Crippen LogP contribution in [0.5, 0.6) is 0 Å². The van der Waals surface area contributed by atoms with Crippen LogP contribution in [0.4, 0.5) is 0 Å². The first-order chi connectivity index (χ1) is 11.6. The molecule has 24 heavy (non-hydrogen) atoms. The highest BCUT2D eigenvalue weighted by Crippen LogP contribution is 2.20. The number of oxime groups is 1. The Hall–Kier alpha value is -2.81. The lowest BCUT2D eigenvalue weighted by Gasteiger charge is -2.09. The molecule has 3 nitrogen and oxygen atoms in total. The van der Waals surface area contributed by atoms with Gasteiger partial charge in [0.25, 0.3) is 0 Å². The first kappa shape index (κ1) is 16.1. The van der Waals surface area contributed by atoms with Crippen molar-refractivity contribution in [3.63, 3.8) is 0 Å². The Morgan fingerprint density at radius 3 is 2.38 bits per heavy atom. The average molecular weight is 318 g/mol. The van der Waals surface area contributed by atoms with E-state index in [9.17, 15) is 0 Å². The number of hydrogen-bond donors (Lipinski definition) is 0. The average Bonchev–Trinajstić information content (AvgIpc) is 2.88. The predicted octanol–water partition coefficient (Wildman–Crippen LogP) is 4.95. The highest BCUT2D eigenvalue weighted by Gasteiger charge is 2.09. The van der Waals surface area contributed by atoms with Crippen LogP contribution < -0.4 is 0 Å². The van der Waals surface area contributed by atoms with Crippen molar-refractivity contribution in [1.82, 2.24) is 4.57 Å². The van der Waals surface area contributed by atoms with Crippen LogP contribution in [0.15, 0.2) is 65.8 Å². The van der Waals surface area contributed by atoms with Gasteiger partial charge in [-0.1, -0.05) is 53.2 Å². The van der Waals surface area contributed by atoms with E-state index in [1.807, 2.05) is 30.3 Å². The Morgan fingerprint density at radius 1 is 0.958 bits per heavy atom. The number of hydrogen-bond acceptors (Lipinski definition) is 2. The van der Waals surface area contributed by atoms with Crippen molar-refractivity contribution in [1.29, 1.82) is 0 Å². The van der Waals surface area contributed by atoms with Crippen molar-refractivity contribution in [2.24, 2.45) is 5.16 Å². The van der Waals surface area contributed by atoms with Crippen LogP contribution >= 0.6 is 0 Å². The van der Waals surface area contributed by atoms with Gasteiger partial charge in [0.15, 0.2) is 0 Å². The normalized spacial score (nSPS) is 11.1. The Balaban J connectivity index is 1.74.